The van der Waals surface area contributed by atoms with Crippen LogP contribution < -0.4 is 5.01 Å². The first-order valence-corrected chi connectivity index (χ1v) is 13.2. The van der Waals surface area contributed by atoms with Gasteiger partial charge in [-0.05, 0) is 55.5 Å². The minimum atomic E-state index is -0.816. The van der Waals surface area contributed by atoms with E-state index in [0.29, 0.717) is 28.3 Å². The van der Waals surface area contributed by atoms with Crippen LogP contribution in [0.1, 0.15) is 12.5 Å². The number of nitro benzene ring substituents is 3. The summed E-state index contributed by atoms with van der Waals surface area (Å²) in [4.78, 5) is 45.5. The molecule has 15 nitrogen and oxygen atoms in total. The van der Waals surface area contributed by atoms with Crippen molar-refractivity contribution in [1.29, 1.82) is 0 Å². The maximum Gasteiger partial charge on any atom is 0.301 e. The van der Waals surface area contributed by atoms with Crippen LogP contribution in [0.5, 0.6) is 0 Å². The highest BCUT2D eigenvalue weighted by Crippen LogP contribution is 2.37. The Hall–Kier alpha value is -6.77. The van der Waals surface area contributed by atoms with Gasteiger partial charge in [-0.25, -0.2) is 4.68 Å². The third kappa shape index (κ3) is 5.32. The Balaban J connectivity index is 1.41. The van der Waals surface area contributed by atoms with Crippen LogP contribution in [-0.2, 0) is 4.79 Å². The van der Waals surface area contributed by atoms with Crippen molar-refractivity contribution in [2.45, 2.75) is 6.92 Å². The summed E-state index contributed by atoms with van der Waals surface area (Å²) in [6.45, 7) is 1.56. The number of hydrazone groups is 1. The van der Waals surface area contributed by atoms with Gasteiger partial charge in [0.2, 0.25) is 0 Å². The fourth-order valence-electron chi connectivity index (χ4n) is 4.72. The molecule has 0 N–H and O–H groups in total. The second-order valence-corrected chi connectivity index (χ2v) is 9.73. The highest BCUT2D eigenvalue weighted by atomic mass is 16.6. The molecule has 0 radical (unpaired) electrons. The van der Waals surface area contributed by atoms with Crippen LogP contribution in [0.3, 0.4) is 0 Å². The number of nitrogens with zero attached hydrogens (tertiary/aromatic N) is 7. The maximum atomic E-state index is 13.6. The number of para-hydroxylation sites is 1. The summed E-state index contributed by atoms with van der Waals surface area (Å²) >= 11 is 0. The van der Waals surface area contributed by atoms with E-state index in [0.717, 1.165) is 28.9 Å². The number of rotatable bonds is 8. The predicted molar refractivity (Wildman–Crippen MR) is 162 cm³/mol. The van der Waals surface area contributed by atoms with Gasteiger partial charge >= 0.3 is 5.69 Å². The van der Waals surface area contributed by atoms with Crippen LogP contribution in [0.2, 0.25) is 0 Å². The average molecular weight is 606 g/mol. The summed E-state index contributed by atoms with van der Waals surface area (Å²) in [5.41, 5.74) is 1.06. The van der Waals surface area contributed by atoms with Crippen molar-refractivity contribution in [2.75, 3.05) is 5.01 Å². The molecule has 0 spiro atoms. The van der Waals surface area contributed by atoms with Gasteiger partial charge in [-0.1, -0.05) is 18.2 Å². The Morgan fingerprint density at radius 2 is 1.47 bits per heavy atom. The molecular weight excluding hydrogens is 586 g/mol. The van der Waals surface area contributed by atoms with Gasteiger partial charge in [0, 0.05) is 35.5 Å². The van der Waals surface area contributed by atoms with Crippen molar-refractivity contribution in [3.05, 3.63) is 133 Å². The number of carbonyl (C=O) groups is 1. The number of hydrogen-bond acceptors (Lipinski definition) is 10. The van der Waals surface area contributed by atoms with E-state index in [4.69, 9.17) is 9.52 Å². The Morgan fingerprint density at radius 3 is 2.13 bits per heavy atom. The molecule has 15 heteroatoms. The molecule has 3 heterocycles. The zero-order valence-corrected chi connectivity index (χ0v) is 23.1. The third-order valence-electron chi connectivity index (χ3n) is 6.92. The van der Waals surface area contributed by atoms with Gasteiger partial charge in [0.05, 0.1) is 37.8 Å². The molecule has 1 amide bonds. The Labute approximate surface area is 252 Å². The summed E-state index contributed by atoms with van der Waals surface area (Å²) in [5.74, 6) is 0.0840. The van der Waals surface area contributed by atoms with Crippen LogP contribution >= 0.6 is 0 Å². The smallest absolute Gasteiger partial charge is 0.301 e. The average Bonchev–Trinajstić information content (AvgIpc) is 3.76. The zero-order chi connectivity index (χ0) is 31.8. The van der Waals surface area contributed by atoms with Gasteiger partial charge in [-0.3, -0.25) is 35.1 Å². The molecule has 6 rings (SSSR count). The molecule has 3 aromatic carbocycles. The van der Waals surface area contributed by atoms with Gasteiger partial charge in [-0.2, -0.15) is 15.2 Å². The van der Waals surface area contributed by atoms with E-state index in [2.05, 4.69) is 5.10 Å². The van der Waals surface area contributed by atoms with E-state index >= 15 is 0 Å². The predicted octanol–water partition coefficient (Wildman–Crippen LogP) is 6.33. The van der Waals surface area contributed by atoms with Gasteiger partial charge in [-0.15, -0.1) is 0 Å². The summed E-state index contributed by atoms with van der Waals surface area (Å²) in [7, 11) is 0. The first kappa shape index (κ1) is 28.4. The van der Waals surface area contributed by atoms with E-state index in [-0.39, 0.29) is 22.7 Å². The minimum absolute atomic E-state index is 0.0626. The van der Waals surface area contributed by atoms with E-state index in [1.54, 1.807) is 42.1 Å². The van der Waals surface area contributed by atoms with Crippen molar-refractivity contribution in [2.24, 2.45) is 5.10 Å². The van der Waals surface area contributed by atoms with E-state index in [1.807, 2.05) is 30.3 Å². The summed E-state index contributed by atoms with van der Waals surface area (Å²) in [6, 6.07) is 21.4. The van der Waals surface area contributed by atoms with Crippen molar-refractivity contribution < 1.29 is 24.0 Å². The fourth-order valence-corrected chi connectivity index (χ4v) is 4.72. The lowest BCUT2D eigenvalue weighted by atomic mass is 10.1. The Kier molecular flexibility index (Phi) is 7.02. The molecule has 45 heavy (non-hydrogen) atoms. The number of nitro groups is 3. The van der Waals surface area contributed by atoms with Crippen LogP contribution in [0.4, 0.5) is 22.7 Å². The van der Waals surface area contributed by atoms with Crippen molar-refractivity contribution in [1.82, 2.24) is 9.78 Å². The lowest BCUT2D eigenvalue weighted by molar-refractivity contribution is -0.393. The lowest BCUT2D eigenvalue weighted by Gasteiger charge is -2.11. The largest absolute Gasteiger partial charge is 0.454 e. The molecular formula is C30H19N7O8. The van der Waals surface area contributed by atoms with E-state index in [9.17, 15) is 35.1 Å². The van der Waals surface area contributed by atoms with Crippen molar-refractivity contribution in [3.63, 3.8) is 0 Å². The first-order chi connectivity index (χ1) is 21.6. The summed E-state index contributed by atoms with van der Waals surface area (Å²) in [6.07, 6.45) is 3.22. The van der Waals surface area contributed by atoms with Crippen LogP contribution in [0.25, 0.3) is 34.5 Å². The number of amides is 1. The molecule has 0 aliphatic carbocycles. The number of carbonyl (C=O) groups excluding carboxylic acids is 1. The summed E-state index contributed by atoms with van der Waals surface area (Å²) in [5, 5.41) is 43.7. The number of benzene rings is 3. The molecule has 0 unspecified atom stereocenters. The molecule has 1 aliphatic heterocycles. The van der Waals surface area contributed by atoms with Gasteiger partial charge in [0.25, 0.3) is 17.3 Å². The van der Waals surface area contributed by atoms with Crippen LogP contribution in [0.15, 0.2) is 106 Å². The monoisotopic (exact) mass is 605 g/mol. The zero-order valence-electron chi connectivity index (χ0n) is 23.1. The SMILES string of the molecule is CC1=NN(c2ccc([N+](=O)[O-])cc2[N+](=O)[O-])C(=O)/C1=C\c1cn(-c2ccccc2)nc1-c1ccc(-c2ccc([N+](=O)[O-])cc2)o1. The molecule has 0 fully saturated rings. The summed E-state index contributed by atoms with van der Waals surface area (Å²) < 4.78 is 7.69. The number of anilines is 1. The van der Waals surface area contributed by atoms with E-state index < -0.39 is 32.1 Å². The Morgan fingerprint density at radius 1 is 0.800 bits per heavy atom. The van der Waals surface area contributed by atoms with Gasteiger partial charge in [0.15, 0.2) is 5.76 Å². The number of hydrogen-bond donors (Lipinski definition) is 0. The standard InChI is InChI=1S/C30H19N7O8/c1-18-24(30(38)34(31-18)25-12-11-23(36(41)42)16-26(25)37(43)44)15-20-17-33(21-5-3-2-4-6-21)32-29(20)28-14-13-27(45-28)19-7-9-22(10-8-19)35(39)40/h2-17H,1H3/b24-15-. The van der Waals surface area contributed by atoms with Crippen molar-refractivity contribution in [3.8, 4) is 28.5 Å². The molecule has 0 atom stereocenters. The minimum Gasteiger partial charge on any atom is -0.454 e. The molecule has 0 bridgehead atoms. The van der Waals surface area contributed by atoms with Crippen LogP contribution in [0, 0.1) is 30.3 Å². The first-order valence-electron chi connectivity index (χ1n) is 13.2. The maximum absolute atomic E-state index is 13.6. The molecule has 0 saturated heterocycles. The van der Waals surface area contributed by atoms with Gasteiger partial charge < -0.3 is 4.42 Å². The van der Waals surface area contributed by atoms with Crippen molar-refractivity contribution >= 4 is 40.4 Å². The van der Waals surface area contributed by atoms with E-state index in [1.165, 1.54) is 18.2 Å². The molecule has 222 valence electrons. The highest BCUT2D eigenvalue weighted by Gasteiger charge is 2.34. The number of furan rings is 1. The molecule has 2 aromatic heterocycles. The second-order valence-electron chi connectivity index (χ2n) is 9.73. The van der Waals surface area contributed by atoms with Gasteiger partial charge in [0.1, 0.15) is 17.1 Å². The van der Waals surface area contributed by atoms with Crippen LogP contribution in [-0.4, -0.2) is 36.2 Å². The highest BCUT2D eigenvalue weighted by molar-refractivity contribution is 6.32. The Bertz CT molecular complexity index is 2080. The normalized spacial score (nSPS) is 13.7. The molecule has 0 saturated carbocycles. The lowest BCUT2D eigenvalue weighted by Crippen LogP contribution is -2.22. The number of aromatic nitrogens is 2. The second kappa shape index (κ2) is 11.1. The number of non-ortho nitro benzene ring substituents is 2. The topological polar surface area (TPSA) is 193 Å². The molecule has 5 aromatic rings. The molecule has 1 aliphatic rings. The third-order valence-corrected chi connectivity index (χ3v) is 6.92. The fraction of sp³-hybridized carbons (Fsp3) is 0.0333. The quantitative estimate of drug-likeness (QED) is 0.110.